The molecular formula is C32H56N2O2. The predicted molar refractivity (Wildman–Crippen MR) is 158 cm³/mol. The van der Waals surface area contributed by atoms with Gasteiger partial charge in [0.1, 0.15) is 11.6 Å². The van der Waals surface area contributed by atoms with Crippen LogP contribution >= 0.6 is 0 Å². The van der Waals surface area contributed by atoms with E-state index in [1.807, 2.05) is 0 Å². The van der Waals surface area contributed by atoms with Crippen LogP contribution in [-0.4, -0.2) is 24.7 Å². The van der Waals surface area contributed by atoms with E-state index in [0.717, 1.165) is 42.5 Å². The van der Waals surface area contributed by atoms with E-state index in [9.17, 15) is 9.59 Å². The van der Waals surface area contributed by atoms with Gasteiger partial charge < -0.3 is 10.6 Å². The lowest BCUT2D eigenvalue weighted by molar-refractivity contribution is -0.122. The molecule has 0 spiro atoms. The van der Waals surface area contributed by atoms with Gasteiger partial charge in [-0.3, -0.25) is 9.59 Å². The quantitative estimate of drug-likeness (QED) is 0.321. The summed E-state index contributed by atoms with van der Waals surface area (Å²) in [6.07, 6.45) is 17.3. The third-order valence-electron chi connectivity index (χ3n) is 8.30. The van der Waals surface area contributed by atoms with Gasteiger partial charge in [0, 0.05) is 33.1 Å². The molecule has 2 aliphatic rings. The SMILES string of the molecule is C=C(CCc1ccc2c(c1)C[C@@H](CC)C(=O)CCN2)NCC(C)=O.CCCCC1(CC)CCCCC1.[HH].[HH]. The minimum Gasteiger partial charge on any atom is -0.384 e. The molecule has 1 aromatic carbocycles. The highest BCUT2D eigenvalue weighted by molar-refractivity contribution is 5.82. The van der Waals surface area contributed by atoms with Crippen LogP contribution in [-0.2, 0) is 22.4 Å². The molecule has 1 atom stereocenters. The number of hydrogen-bond donors (Lipinski definition) is 2. The van der Waals surface area contributed by atoms with Crippen molar-refractivity contribution in [3.63, 3.8) is 0 Å². The molecule has 0 aromatic heterocycles. The average molecular weight is 501 g/mol. The Morgan fingerprint density at radius 2 is 1.94 bits per heavy atom. The molecule has 3 rings (SSSR count). The van der Waals surface area contributed by atoms with Crippen LogP contribution in [0, 0.1) is 11.3 Å². The first kappa shape index (κ1) is 30.1. The number of benzene rings is 1. The van der Waals surface area contributed by atoms with E-state index in [2.05, 4.69) is 56.2 Å². The van der Waals surface area contributed by atoms with Crippen LogP contribution in [0.15, 0.2) is 30.5 Å². The van der Waals surface area contributed by atoms with Crippen LogP contribution in [0.25, 0.3) is 0 Å². The minimum atomic E-state index is 0. The molecule has 1 aliphatic heterocycles. The Kier molecular flexibility index (Phi) is 13.3. The van der Waals surface area contributed by atoms with Gasteiger partial charge in [-0.2, -0.15) is 0 Å². The highest BCUT2D eigenvalue weighted by atomic mass is 16.1. The summed E-state index contributed by atoms with van der Waals surface area (Å²) in [5.41, 5.74) is 5.28. The molecule has 0 bridgehead atoms. The smallest absolute Gasteiger partial charge is 0.148 e. The lowest BCUT2D eigenvalue weighted by atomic mass is 9.69. The van der Waals surface area contributed by atoms with Crippen molar-refractivity contribution in [3.05, 3.63) is 41.6 Å². The summed E-state index contributed by atoms with van der Waals surface area (Å²) in [7, 11) is 0. The van der Waals surface area contributed by atoms with Gasteiger partial charge in [0.05, 0.1) is 6.54 Å². The minimum absolute atomic E-state index is 0. The monoisotopic (exact) mass is 500 g/mol. The number of unbranched alkanes of at least 4 members (excludes halogenated alkanes) is 1. The number of hydrogen-bond acceptors (Lipinski definition) is 4. The summed E-state index contributed by atoms with van der Waals surface area (Å²) in [6, 6.07) is 6.47. The van der Waals surface area contributed by atoms with Crippen LogP contribution < -0.4 is 10.6 Å². The molecular weight excluding hydrogens is 444 g/mol. The van der Waals surface area contributed by atoms with Crippen molar-refractivity contribution in [1.82, 2.24) is 5.32 Å². The molecule has 1 saturated carbocycles. The Balaban J connectivity index is 0.000000831. The summed E-state index contributed by atoms with van der Waals surface area (Å²) in [6.45, 7) is 13.4. The maximum absolute atomic E-state index is 12.1. The average Bonchev–Trinajstić information content (AvgIpc) is 2.88. The molecule has 1 heterocycles. The highest BCUT2D eigenvalue weighted by Gasteiger charge is 2.28. The fourth-order valence-corrected chi connectivity index (χ4v) is 5.69. The molecule has 4 heteroatoms. The molecule has 0 radical (unpaired) electrons. The van der Waals surface area contributed by atoms with Crippen LogP contribution in [0.1, 0.15) is 119 Å². The third kappa shape index (κ3) is 10.1. The van der Waals surface area contributed by atoms with Crippen molar-refractivity contribution < 1.29 is 12.4 Å². The maximum Gasteiger partial charge on any atom is 0.148 e. The molecule has 36 heavy (non-hydrogen) atoms. The molecule has 0 amide bonds. The largest absolute Gasteiger partial charge is 0.384 e. The standard InChI is InChI=1S/C20H28N2O2.C12H24.2H2/c1-4-17-12-18-11-16(6-5-14(2)22-13-15(3)23)7-8-19(18)21-10-9-20(17)24;1-3-5-9-12(4-2)10-7-6-8-11-12;;/h7-8,11,17,21-22H,2,4-6,9-10,12-13H2,1,3H3;3-11H2,1-2H3;2*1H/t17-;;;/m1.../s1. The van der Waals surface area contributed by atoms with Crippen molar-refractivity contribution in [1.29, 1.82) is 0 Å². The fraction of sp³-hybridized carbons (Fsp3) is 0.688. The normalized spacial score (nSPS) is 19.0. The van der Waals surface area contributed by atoms with Crippen molar-refractivity contribution in [2.75, 3.05) is 18.4 Å². The van der Waals surface area contributed by atoms with Crippen LogP contribution in [0.3, 0.4) is 0 Å². The van der Waals surface area contributed by atoms with Gasteiger partial charge in [-0.05, 0) is 74.5 Å². The first-order valence-corrected chi connectivity index (χ1v) is 14.6. The molecule has 2 N–H and O–H groups in total. The number of allylic oxidation sites excluding steroid dienone is 1. The number of Topliss-reactive ketones (excluding diaryl/α,β-unsaturated/α-hetero) is 2. The second kappa shape index (κ2) is 15.9. The van der Waals surface area contributed by atoms with E-state index < -0.39 is 0 Å². The highest BCUT2D eigenvalue weighted by Crippen LogP contribution is 2.43. The number of rotatable bonds is 11. The predicted octanol–water partition coefficient (Wildman–Crippen LogP) is 8.29. The van der Waals surface area contributed by atoms with E-state index in [1.165, 1.54) is 68.9 Å². The molecule has 0 saturated heterocycles. The second-order valence-electron chi connectivity index (χ2n) is 11.1. The van der Waals surface area contributed by atoms with E-state index in [0.29, 0.717) is 25.3 Å². The van der Waals surface area contributed by atoms with Crippen LogP contribution in [0.4, 0.5) is 5.69 Å². The van der Waals surface area contributed by atoms with Gasteiger partial charge in [-0.1, -0.05) is 78.0 Å². The summed E-state index contributed by atoms with van der Waals surface area (Å²) in [5, 5.41) is 6.43. The molecule has 0 unspecified atom stereocenters. The van der Waals surface area contributed by atoms with Crippen LogP contribution in [0.5, 0.6) is 0 Å². The van der Waals surface area contributed by atoms with Crippen molar-refractivity contribution in [2.45, 2.75) is 118 Å². The Bertz CT molecular complexity index is 850. The van der Waals surface area contributed by atoms with Crippen molar-refractivity contribution in [2.24, 2.45) is 11.3 Å². The topological polar surface area (TPSA) is 58.2 Å². The van der Waals surface area contributed by atoms with Gasteiger partial charge in [0.15, 0.2) is 0 Å². The maximum atomic E-state index is 12.1. The van der Waals surface area contributed by atoms with E-state index in [-0.39, 0.29) is 14.6 Å². The number of anilines is 1. The van der Waals surface area contributed by atoms with Gasteiger partial charge in [-0.25, -0.2) is 0 Å². The van der Waals surface area contributed by atoms with E-state index in [1.54, 1.807) is 6.92 Å². The zero-order valence-electron chi connectivity index (χ0n) is 23.6. The van der Waals surface area contributed by atoms with E-state index >= 15 is 0 Å². The van der Waals surface area contributed by atoms with Gasteiger partial charge in [0.25, 0.3) is 0 Å². The molecule has 1 aromatic rings. The van der Waals surface area contributed by atoms with E-state index in [4.69, 9.17) is 0 Å². The molecule has 1 fully saturated rings. The third-order valence-corrected chi connectivity index (χ3v) is 8.30. The number of nitrogens with one attached hydrogen (secondary N) is 2. The first-order valence-electron chi connectivity index (χ1n) is 14.6. The Morgan fingerprint density at radius 1 is 1.19 bits per heavy atom. The van der Waals surface area contributed by atoms with Crippen LogP contribution in [0.2, 0.25) is 0 Å². The summed E-state index contributed by atoms with van der Waals surface area (Å²) in [5.74, 6) is 0.606. The number of fused-ring (bicyclic) bond motifs is 1. The zero-order chi connectivity index (χ0) is 26.4. The second-order valence-corrected chi connectivity index (χ2v) is 11.1. The zero-order valence-corrected chi connectivity index (χ0v) is 23.6. The Labute approximate surface area is 224 Å². The number of ketones is 2. The van der Waals surface area contributed by atoms with Crippen molar-refractivity contribution >= 4 is 17.3 Å². The lowest BCUT2D eigenvalue weighted by Gasteiger charge is -2.36. The first-order chi connectivity index (χ1) is 17.3. The molecule has 206 valence electrons. The lowest BCUT2D eigenvalue weighted by Crippen LogP contribution is -2.23. The number of carbonyl (C=O) groups excluding carboxylic acids is 2. The van der Waals surface area contributed by atoms with Crippen molar-refractivity contribution in [3.8, 4) is 0 Å². The summed E-state index contributed by atoms with van der Waals surface area (Å²) >= 11 is 0. The summed E-state index contributed by atoms with van der Waals surface area (Å²) < 4.78 is 0. The number of aryl methyl sites for hydroxylation is 1. The molecule has 1 aliphatic carbocycles. The summed E-state index contributed by atoms with van der Waals surface area (Å²) in [4.78, 5) is 23.1. The Morgan fingerprint density at radius 3 is 2.58 bits per heavy atom. The van der Waals surface area contributed by atoms with Gasteiger partial charge in [-0.15, -0.1) is 0 Å². The Hall–Kier alpha value is -2.10. The van der Waals surface area contributed by atoms with Gasteiger partial charge >= 0.3 is 0 Å². The van der Waals surface area contributed by atoms with Gasteiger partial charge in [0.2, 0.25) is 0 Å². The fourth-order valence-electron chi connectivity index (χ4n) is 5.69. The number of carbonyl (C=O) groups is 2. The molecule has 4 nitrogen and oxygen atoms in total.